The lowest BCUT2D eigenvalue weighted by molar-refractivity contribution is 0.256. The maximum absolute atomic E-state index is 9.29. The molecule has 1 heteroatoms. The fraction of sp³-hybridized carbons (Fsp3) is 0.556. The molecule has 1 aliphatic carbocycles. The molecule has 1 nitrogen and oxygen atoms in total. The van der Waals surface area contributed by atoms with E-state index in [0.717, 1.165) is 12.0 Å². The molecule has 0 heterocycles. The van der Waals surface area contributed by atoms with Crippen molar-refractivity contribution in [2.45, 2.75) is 25.9 Å². The van der Waals surface area contributed by atoms with Crippen LogP contribution in [0.15, 0.2) is 24.3 Å². The molecule has 1 rings (SSSR count). The maximum atomic E-state index is 9.29. The van der Waals surface area contributed by atoms with E-state index >= 15 is 0 Å². The second kappa shape index (κ2) is 3.02. The van der Waals surface area contributed by atoms with E-state index in [1.165, 1.54) is 6.42 Å². The Morgan fingerprint density at radius 3 is 3.00 bits per heavy atom. The predicted octanol–water partition coefficient (Wildman–Crippen LogP) is 1.89. The van der Waals surface area contributed by atoms with Crippen molar-refractivity contribution in [2.75, 3.05) is 0 Å². The van der Waals surface area contributed by atoms with Crippen LogP contribution in [0.4, 0.5) is 0 Å². The minimum Gasteiger partial charge on any atom is -0.385 e. The monoisotopic (exact) mass is 138 g/mol. The van der Waals surface area contributed by atoms with Gasteiger partial charge in [-0.05, 0) is 24.3 Å². The molecule has 1 N–H and O–H groups in total. The van der Waals surface area contributed by atoms with Crippen molar-refractivity contribution < 1.29 is 5.11 Å². The van der Waals surface area contributed by atoms with E-state index in [-0.39, 0.29) is 0 Å². The minimum atomic E-state index is -0.398. The summed E-state index contributed by atoms with van der Waals surface area (Å²) in [5.74, 6) is 0.643. The van der Waals surface area contributed by atoms with Gasteiger partial charge in [0.1, 0.15) is 0 Å². The molecule has 0 spiro atoms. The van der Waals surface area contributed by atoms with Crippen LogP contribution in [0.5, 0.6) is 0 Å². The van der Waals surface area contributed by atoms with Crippen LogP contribution in [0, 0.1) is 5.92 Å². The second-order valence-electron chi connectivity index (χ2n) is 2.94. The van der Waals surface area contributed by atoms with Gasteiger partial charge in [0.05, 0.1) is 6.10 Å². The third kappa shape index (κ3) is 1.48. The van der Waals surface area contributed by atoms with Crippen LogP contribution < -0.4 is 0 Å². The van der Waals surface area contributed by atoms with Gasteiger partial charge in [0, 0.05) is 0 Å². The standard InChI is InChI=1S/C9H14O/c1-3-9(10)8-5-4-7(2)6-8/h3,6-7,9-10H,1,4-5H2,2H3. The van der Waals surface area contributed by atoms with Crippen LogP contribution in [0.25, 0.3) is 0 Å². The van der Waals surface area contributed by atoms with E-state index < -0.39 is 6.10 Å². The summed E-state index contributed by atoms with van der Waals surface area (Å²) in [7, 11) is 0. The van der Waals surface area contributed by atoms with E-state index in [2.05, 4.69) is 19.6 Å². The number of hydrogen-bond donors (Lipinski definition) is 1. The quantitative estimate of drug-likeness (QED) is 0.578. The Bertz CT molecular complexity index is 158. The molecule has 10 heavy (non-hydrogen) atoms. The summed E-state index contributed by atoms with van der Waals surface area (Å²) < 4.78 is 0. The number of hydrogen-bond acceptors (Lipinski definition) is 1. The number of allylic oxidation sites excluding steroid dienone is 1. The Morgan fingerprint density at radius 1 is 1.90 bits per heavy atom. The van der Waals surface area contributed by atoms with Gasteiger partial charge >= 0.3 is 0 Å². The fourth-order valence-corrected chi connectivity index (χ4v) is 1.32. The molecule has 2 unspecified atom stereocenters. The molecule has 0 fully saturated rings. The third-order valence-electron chi connectivity index (χ3n) is 1.99. The molecule has 0 saturated heterocycles. The molecule has 0 saturated carbocycles. The van der Waals surface area contributed by atoms with Crippen molar-refractivity contribution in [3.05, 3.63) is 24.3 Å². The highest BCUT2D eigenvalue weighted by molar-refractivity contribution is 5.18. The average Bonchev–Trinajstić information content (AvgIpc) is 2.34. The second-order valence-corrected chi connectivity index (χ2v) is 2.94. The smallest absolute Gasteiger partial charge is 0.0929 e. The van der Waals surface area contributed by atoms with Gasteiger partial charge in [0.15, 0.2) is 0 Å². The van der Waals surface area contributed by atoms with Gasteiger partial charge < -0.3 is 5.11 Å². The molecule has 0 aliphatic heterocycles. The molecule has 56 valence electrons. The summed E-state index contributed by atoms with van der Waals surface area (Å²) in [5, 5.41) is 9.29. The zero-order chi connectivity index (χ0) is 7.56. The minimum absolute atomic E-state index is 0.398. The van der Waals surface area contributed by atoms with Gasteiger partial charge in [-0.3, -0.25) is 0 Å². The first-order valence-corrected chi connectivity index (χ1v) is 3.75. The van der Waals surface area contributed by atoms with E-state index in [9.17, 15) is 5.11 Å². The summed E-state index contributed by atoms with van der Waals surface area (Å²) in [6, 6.07) is 0. The first-order valence-electron chi connectivity index (χ1n) is 3.75. The van der Waals surface area contributed by atoms with Gasteiger partial charge in [-0.15, -0.1) is 6.58 Å². The molecular formula is C9H14O. The lowest BCUT2D eigenvalue weighted by Gasteiger charge is -2.03. The summed E-state index contributed by atoms with van der Waals surface area (Å²) in [4.78, 5) is 0. The van der Waals surface area contributed by atoms with Crippen LogP contribution in [0.1, 0.15) is 19.8 Å². The molecule has 0 radical (unpaired) electrons. The Kier molecular flexibility index (Phi) is 2.28. The van der Waals surface area contributed by atoms with Crippen molar-refractivity contribution >= 4 is 0 Å². The molecule has 2 atom stereocenters. The van der Waals surface area contributed by atoms with Crippen molar-refractivity contribution in [1.82, 2.24) is 0 Å². The zero-order valence-corrected chi connectivity index (χ0v) is 6.38. The third-order valence-corrected chi connectivity index (χ3v) is 1.99. The molecule has 0 aromatic heterocycles. The highest BCUT2D eigenvalue weighted by Crippen LogP contribution is 2.25. The van der Waals surface area contributed by atoms with E-state index in [1.807, 2.05) is 0 Å². The average molecular weight is 138 g/mol. The van der Waals surface area contributed by atoms with Crippen molar-refractivity contribution in [1.29, 1.82) is 0 Å². The van der Waals surface area contributed by atoms with Gasteiger partial charge in [-0.2, -0.15) is 0 Å². The normalized spacial score (nSPS) is 27.8. The van der Waals surface area contributed by atoms with Crippen molar-refractivity contribution in [2.24, 2.45) is 5.92 Å². The topological polar surface area (TPSA) is 20.2 Å². The zero-order valence-electron chi connectivity index (χ0n) is 6.38. The summed E-state index contributed by atoms with van der Waals surface area (Å²) in [6.07, 6.45) is 5.55. The first-order chi connectivity index (χ1) is 4.74. The van der Waals surface area contributed by atoms with Crippen LogP contribution in [-0.4, -0.2) is 11.2 Å². The van der Waals surface area contributed by atoms with Gasteiger partial charge in [-0.1, -0.05) is 19.1 Å². The molecule has 0 amide bonds. The highest BCUT2D eigenvalue weighted by atomic mass is 16.3. The lowest BCUT2D eigenvalue weighted by atomic mass is 10.1. The SMILES string of the molecule is C=CC(O)C1=CC(C)CC1. The van der Waals surface area contributed by atoms with Crippen molar-refractivity contribution in [3.8, 4) is 0 Å². The lowest BCUT2D eigenvalue weighted by Crippen LogP contribution is -2.03. The van der Waals surface area contributed by atoms with E-state index in [0.29, 0.717) is 5.92 Å². The Balaban J connectivity index is 2.56. The molecule has 0 aromatic rings. The van der Waals surface area contributed by atoms with Crippen LogP contribution in [0.2, 0.25) is 0 Å². The number of aliphatic hydroxyl groups is 1. The van der Waals surface area contributed by atoms with Crippen molar-refractivity contribution in [3.63, 3.8) is 0 Å². The Labute approximate surface area is 62.1 Å². The van der Waals surface area contributed by atoms with Gasteiger partial charge in [0.2, 0.25) is 0 Å². The summed E-state index contributed by atoms with van der Waals surface area (Å²) in [6.45, 7) is 5.71. The first kappa shape index (κ1) is 7.55. The Hall–Kier alpha value is -0.560. The largest absolute Gasteiger partial charge is 0.385 e. The molecule has 1 aliphatic rings. The van der Waals surface area contributed by atoms with Crippen LogP contribution in [-0.2, 0) is 0 Å². The van der Waals surface area contributed by atoms with Gasteiger partial charge in [0.25, 0.3) is 0 Å². The fourth-order valence-electron chi connectivity index (χ4n) is 1.32. The highest BCUT2D eigenvalue weighted by Gasteiger charge is 2.15. The van der Waals surface area contributed by atoms with E-state index in [4.69, 9.17) is 0 Å². The van der Waals surface area contributed by atoms with Gasteiger partial charge in [-0.25, -0.2) is 0 Å². The van der Waals surface area contributed by atoms with E-state index in [1.54, 1.807) is 6.08 Å². The Morgan fingerprint density at radius 2 is 2.60 bits per heavy atom. The molecule has 0 bridgehead atoms. The predicted molar refractivity (Wildman–Crippen MR) is 42.7 cm³/mol. The summed E-state index contributed by atoms with van der Waals surface area (Å²) >= 11 is 0. The van der Waals surface area contributed by atoms with Crippen LogP contribution in [0.3, 0.4) is 0 Å². The number of rotatable bonds is 2. The number of aliphatic hydroxyl groups excluding tert-OH is 1. The maximum Gasteiger partial charge on any atom is 0.0929 e. The molecule has 0 aromatic carbocycles. The molecular weight excluding hydrogens is 124 g/mol. The van der Waals surface area contributed by atoms with Crippen LogP contribution >= 0.6 is 0 Å². The summed E-state index contributed by atoms with van der Waals surface area (Å²) in [5.41, 5.74) is 1.14.